The standard InChI is InChI=1S/C15H26N4O/c1-4-7-19-10-6-16-15(19)11-14(20)13-12-17(2)8-5-9-18(13)3/h6,10,13H,4-5,7-9,11-12H2,1-3H3. The lowest BCUT2D eigenvalue weighted by Gasteiger charge is -2.26. The molecule has 1 aliphatic rings. The van der Waals surface area contributed by atoms with Gasteiger partial charge >= 0.3 is 0 Å². The van der Waals surface area contributed by atoms with E-state index in [-0.39, 0.29) is 11.8 Å². The van der Waals surface area contributed by atoms with Crippen LogP contribution in [0.25, 0.3) is 0 Å². The van der Waals surface area contributed by atoms with Gasteiger partial charge in [0, 0.05) is 25.5 Å². The number of nitrogens with zero attached hydrogens (tertiary/aromatic N) is 4. The van der Waals surface area contributed by atoms with E-state index in [9.17, 15) is 4.79 Å². The van der Waals surface area contributed by atoms with Gasteiger partial charge in [-0.05, 0) is 40.0 Å². The quantitative estimate of drug-likeness (QED) is 0.807. The normalized spacial score (nSPS) is 21.9. The lowest BCUT2D eigenvalue weighted by atomic mass is 10.1. The Morgan fingerprint density at radius 3 is 2.95 bits per heavy atom. The molecule has 2 heterocycles. The Hall–Kier alpha value is -1.20. The van der Waals surface area contributed by atoms with Crippen molar-refractivity contribution >= 4 is 5.78 Å². The van der Waals surface area contributed by atoms with Crippen molar-refractivity contribution in [3.8, 4) is 0 Å². The van der Waals surface area contributed by atoms with Gasteiger partial charge in [-0.1, -0.05) is 6.92 Å². The van der Waals surface area contributed by atoms with E-state index in [2.05, 4.69) is 40.4 Å². The molecule has 1 atom stereocenters. The molecule has 0 bridgehead atoms. The van der Waals surface area contributed by atoms with E-state index in [1.807, 2.05) is 6.20 Å². The molecule has 0 aliphatic carbocycles. The largest absolute Gasteiger partial charge is 0.335 e. The highest BCUT2D eigenvalue weighted by Gasteiger charge is 2.27. The van der Waals surface area contributed by atoms with Crippen LogP contribution in [0.5, 0.6) is 0 Å². The van der Waals surface area contributed by atoms with Gasteiger partial charge in [-0.25, -0.2) is 4.98 Å². The fourth-order valence-corrected chi connectivity index (χ4v) is 2.84. The van der Waals surface area contributed by atoms with Gasteiger partial charge in [-0.3, -0.25) is 9.69 Å². The van der Waals surface area contributed by atoms with Crippen molar-refractivity contribution < 1.29 is 4.79 Å². The van der Waals surface area contributed by atoms with E-state index in [4.69, 9.17) is 0 Å². The minimum Gasteiger partial charge on any atom is -0.335 e. The summed E-state index contributed by atoms with van der Waals surface area (Å²) < 4.78 is 2.10. The average molecular weight is 278 g/mol. The van der Waals surface area contributed by atoms with E-state index < -0.39 is 0 Å². The molecular weight excluding hydrogens is 252 g/mol. The second-order valence-electron chi connectivity index (χ2n) is 5.79. The number of ketones is 1. The van der Waals surface area contributed by atoms with E-state index in [1.54, 1.807) is 6.20 Å². The van der Waals surface area contributed by atoms with Crippen molar-refractivity contribution in [3.63, 3.8) is 0 Å². The Labute approximate surface area is 121 Å². The van der Waals surface area contributed by atoms with Crippen molar-refractivity contribution in [2.75, 3.05) is 33.7 Å². The summed E-state index contributed by atoms with van der Waals surface area (Å²) in [6.07, 6.45) is 6.39. The molecule has 5 nitrogen and oxygen atoms in total. The molecule has 1 aromatic heterocycles. The van der Waals surface area contributed by atoms with Gasteiger partial charge in [0.25, 0.3) is 0 Å². The van der Waals surface area contributed by atoms with Crippen molar-refractivity contribution in [2.24, 2.45) is 0 Å². The Morgan fingerprint density at radius 1 is 1.40 bits per heavy atom. The Morgan fingerprint density at radius 2 is 2.20 bits per heavy atom. The minimum atomic E-state index is -0.00530. The van der Waals surface area contributed by atoms with Crippen LogP contribution in [0.4, 0.5) is 0 Å². The van der Waals surface area contributed by atoms with Gasteiger partial charge in [-0.15, -0.1) is 0 Å². The van der Waals surface area contributed by atoms with Crippen molar-refractivity contribution in [1.29, 1.82) is 0 Å². The van der Waals surface area contributed by atoms with Crippen LogP contribution in [-0.2, 0) is 17.8 Å². The van der Waals surface area contributed by atoms with Gasteiger partial charge in [-0.2, -0.15) is 0 Å². The Bertz CT molecular complexity index is 443. The zero-order valence-corrected chi connectivity index (χ0v) is 12.9. The molecule has 1 aliphatic heterocycles. The summed E-state index contributed by atoms with van der Waals surface area (Å²) >= 11 is 0. The number of hydrogen-bond acceptors (Lipinski definition) is 4. The molecular formula is C15H26N4O. The van der Waals surface area contributed by atoms with Crippen LogP contribution < -0.4 is 0 Å². The predicted molar refractivity (Wildman–Crippen MR) is 79.8 cm³/mol. The number of rotatable bonds is 5. The first kappa shape index (κ1) is 15.2. The summed E-state index contributed by atoms with van der Waals surface area (Å²) in [5.41, 5.74) is 0. The van der Waals surface area contributed by atoms with Gasteiger partial charge in [0.05, 0.1) is 12.5 Å². The molecule has 1 aromatic rings. The maximum atomic E-state index is 12.6. The fraction of sp³-hybridized carbons (Fsp3) is 0.733. The molecule has 5 heteroatoms. The summed E-state index contributed by atoms with van der Waals surface area (Å²) in [6, 6.07) is -0.00530. The molecule has 0 N–H and O–H groups in total. The molecule has 20 heavy (non-hydrogen) atoms. The third-order valence-electron chi connectivity index (χ3n) is 4.04. The first-order chi connectivity index (χ1) is 9.61. The maximum Gasteiger partial charge on any atom is 0.158 e. The van der Waals surface area contributed by atoms with Crippen molar-refractivity contribution in [2.45, 2.75) is 38.8 Å². The average Bonchev–Trinajstić information content (AvgIpc) is 2.75. The predicted octanol–water partition coefficient (Wildman–Crippen LogP) is 1.04. The SMILES string of the molecule is CCCn1ccnc1CC(=O)C1CN(C)CCCN1C. The van der Waals surface area contributed by atoms with E-state index >= 15 is 0 Å². The zero-order chi connectivity index (χ0) is 14.5. The first-order valence-corrected chi connectivity index (χ1v) is 7.53. The Kier molecular flexibility index (Phi) is 5.31. The fourth-order valence-electron chi connectivity index (χ4n) is 2.84. The highest BCUT2D eigenvalue weighted by Crippen LogP contribution is 2.11. The second kappa shape index (κ2) is 6.99. The smallest absolute Gasteiger partial charge is 0.158 e. The lowest BCUT2D eigenvalue weighted by molar-refractivity contribution is -0.123. The third-order valence-corrected chi connectivity index (χ3v) is 4.04. The first-order valence-electron chi connectivity index (χ1n) is 7.53. The number of hydrogen-bond donors (Lipinski definition) is 0. The number of likely N-dealkylation sites (N-methyl/N-ethyl adjacent to an activating group) is 2. The van der Waals surface area contributed by atoms with Crippen LogP contribution >= 0.6 is 0 Å². The number of Topliss-reactive ketones (excluding diaryl/α,β-unsaturated/α-hetero) is 1. The minimum absolute atomic E-state index is 0.00530. The molecule has 0 aromatic carbocycles. The molecule has 1 fully saturated rings. The number of carbonyl (C=O) groups excluding carboxylic acids is 1. The summed E-state index contributed by atoms with van der Waals surface area (Å²) in [5, 5.41) is 0. The number of aromatic nitrogens is 2. The van der Waals surface area contributed by atoms with Crippen LogP contribution in [0.3, 0.4) is 0 Å². The molecule has 2 rings (SSSR count). The summed E-state index contributed by atoms with van der Waals surface area (Å²) in [6.45, 7) is 5.95. The second-order valence-corrected chi connectivity index (χ2v) is 5.79. The van der Waals surface area contributed by atoms with Gasteiger partial charge < -0.3 is 9.47 Å². The molecule has 0 saturated carbocycles. The summed E-state index contributed by atoms with van der Waals surface area (Å²) in [5.74, 6) is 1.18. The van der Waals surface area contributed by atoms with Crippen LogP contribution in [0.2, 0.25) is 0 Å². The lowest BCUT2D eigenvalue weighted by Crippen LogP contribution is -2.44. The molecule has 0 spiro atoms. The van der Waals surface area contributed by atoms with Crippen molar-refractivity contribution in [1.82, 2.24) is 19.4 Å². The van der Waals surface area contributed by atoms with Gasteiger partial charge in [0.2, 0.25) is 0 Å². The van der Waals surface area contributed by atoms with E-state index in [1.165, 1.54) is 0 Å². The number of imidazole rings is 1. The van der Waals surface area contributed by atoms with Gasteiger partial charge in [0.1, 0.15) is 5.82 Å². The van der Waals surface area contributed by atoms with E-state index in [0.29, 0.717) is 6.42 Å². The molecule has 0 amide bonds. The van der Waals surface area contributed by atoms with Crippen LogP contribution in [-0.4, -0.2) is 64.9 Å². The number of aryl methyl sites for hydroxylation is 1. The zero-order valence-electron chi connectivity index (χ0n) is 12.9. The Balaban J connectivity index is 2.04. The van der Waals surface area contributed by atoms with Crippen LogP contribution in [0.1, 0.15) is 25.6 Å². The highest BCUT2D eigenvalue weighted by molar-refractivity contribution is 5.85. The number of carbonyl (C=O) groups is 1. The molecule has 112 valence electrons. The third kappa shape index (κ3) is 3.67. The highest BCUT2D eigenvalue weighted by atomic mass is 16.1. The topological polar surface area (TPSA) is 41.4 Å². The summed E-state index contributed by atoms with van der Waals surface area (Å²) in [7, 11) is 4.15. The van der Waals surface area contributed by atoms with Crippen molar-refractivity contribution in [3.05, 3.63) is 18.2 Å². The molecule has 1 unspecified atom stereocenters. The summed E-state index contributed by atoms with van der Waals surface area (Å²) in [4.78, 5) is 21.4. The van der Waals surface area contributed by atoms with Gasteiger partial charge in [0.15, 0.2) is 5.78 Å². The molecule has 1 saturated heterocycles. The van der Waals surface area contributed by atoms with Crippen LogP contribution in [0.15, 0.2) is 12.4 Å². The van der Waals surface area contributed by atoms with Crippen LogP contribution in [0, 0.1) is 0 Å². The maximum absolute atomic E-state index is 12.6. The van der Waals surface area contributed by atoms with E-state index in [0.717, 1.165) is 44.8 Å². The molecule has 0 radical (unpaired) electrons. The monoisotopic (exact) mass is 278 g/mol.